The number of unbranched alkanes of at least 4 members (excludes halogenated alkanes) is 4. The Labute approximate surface area is 168 Å². The second-order valence-electron chi connectivity index (χ2n) is 6.12. The molecular formula is C18H24Cl2N4OS. The van der Waals surface area contributed by atoms with Gasteiger partial charge < -0.3 is 9.88 Å². The van der Waals surface area contributed by atoms with Crippen LogP contribution >= 0.6 is 35.0 Å². The molecule has 0 aliphatic carbocycles. The van der Waals surface area contributed by atoms with Gasteiger partial charge in [-0.15, -0.1) is 10.2 Å². The Hall–Kier alpha value is -1.24. The highest BCUT2D eigenvalue weighted by Gasteiger charge is 2.12. The van der Waals surface area contributed by atoms with E-state index in [2.05, 4.69) is 22.4 Å². The van der Waals surface area contributed by atoms with E-state index in [1.165, 1.54) is 37.4 Å². The van der Waals surface area contributed by atoms with E-state index in [0.29, 0.717) is 15.7 Å². The third-order valence-electron chi connectivity index (χ3n) is 3.91. The summed E-state index contributed by atoms with van der Waals surface area (Å²) in [6, 6.07) is 4.95. The number of nitrogens with one attached hydrogen (secondary N) is 1. The Morgan fingerprint density at radius 1 is 1.12 bits per heavy atom. The van der Waals surface area contributed by atoms with Crippen molar-refractivity contribution in [2.24, 2.45) is 7.05 Å². The van der Waals surface area contributed by atoms with Gasteiger partial charge in [0.1, 0.15) is 5.82 Å². The van der Waals surface area contributed by atoms with Gasteiger partial charge >= 0.3 is 0 Å². The minimum absolute atomic E-state index is 0.141. The first kappa shape index (κ1) is 21.1. The number of anilines is 1. The summed E-state index contributed by atoms with van der Waals surface area (Å²) < 4.78 is 1.97. The molecule has 0 fully saturated rings. The summed E-state index contributed by atoms with van der Waals surface area (Å²) in [5.41, 5.74) is 0.582. The van der Waals surface area contributed by atoms with Crippen molar-refractivity contribution in [1.29, 1.82) is 0 Å². The molecule has 0 aliphatic heterocycles. The predicted molar refractivity (Wildman–Crippen MR) is 109 cm³/mol. The molecule has 0 bridgehead atoms. The Morgan fingerprint density at radius 3 is 2.50 bits per heavy atom. The van der Waals surface area contributed by atoms with Crippen LogP contribution in [0, 0.1) is 0 Å². The number of aryl methyl sites for hydroxylation is 1. The van der Waals surface area contributed by atoms with Crippen LogP contribution in [-0.4, -0.2) is 26.4 Å². The molecule has 0 aliphatic rings. The van der Waals surface area contributed by atoms with E-state index < -0.39 is 0 Å². The van der Waals surface area contributed by atoms with Crippen molar-refractivity contribution in [1.82, 2.24) is 14.8 Å². The van der Waals surface area contributed by atoms with Gasteiger partial charge in [0.25, 0.3) is 0 Å². The maximum Gasteiger partial charge on any atom is 0.234 e. The molecule has 0 spiro atoms. The molecule has 0 atom stereocenters. The number of hydrogen-bond donors (Lipinski definition) is 1. The molecular weight excluding hydrogens is 391 g/mol. The SMILES string of the molecule is CCCCCCCc1nnc(SCC(=O)Nc2cc(Cl)cc(Cl)c2)n1C. The zero-order valence-corrected chi connectivity index (χ0v) is 17.4. The summed E-state index contributed by atoms with van der Waals surface area (Å²) in [6.45, 7) is 2.21. The fourth-order valence-electron chi connectivity index (χ4n) is 2.53. The summed E-state index contributed by atoms with van der Waals surface area (Å²) in [7, 11) is 1.94. The number of aromatic nitrogens is 3. The molecule has 26 heavy (non-hydrogen) atoms. The largest absolute Gasteiger partial charge is 0.325 e. The molecule has 0 unspecified atom stereocenters. The average molecular weight is 415 g/mol. The molecule has 1 aromatic heterocycles. The Bertz CT molecular complexity index is 716. The Kier molecular flexibility index (Phi) is 8.75. The summed E-state index contributed by atoms with van der Waals surface area (Å²) in [5, 5.41) is 12.9. The number of hydrogen-bond acceptors (Lipinski definition) is 4. The van der Waals surface area contributed by atoms with E-state index in [9.17, 15) is 4.79 Å². The molecule has 2 aromatic rings. The average Bonchev–Trinajstić information content (AvgIpc) is 2.92. The van der Waals surface area contributed by atoms with E-state index in [1.807, 2.05) is 11.6 Å². The lowest BCUT2D eigenvalue weighted by Gasteiger charge is -2.06. The van der Waals surface area contributed by atoms with E-state index in [0.717, 1.165) is 23.8 Å². The van der Waals surface area contributed by atoms with E-state index >= 15 is 0 Å². The highest BCUT2D eigenvalue weighted by Crippen LogP contribution is 2.23. The van der Waals surface area contributed by atoms with Gasteiger partial charge in [0.2, 0.25) is 5.91 Å². The predicted octanol–water partition coefficient (Wildman–Crippen LogP) is 5.37. The number of carbonyl (C=O) groups excluding carboxylic acids is 1. The van der Waals surface area contributed by atoms with E-state index in [4.69, 9.17) is 23.2 Å². The van der Waals surface area contributed by atoms with Crippen LogP contribution in [-0.2, 0) is 18.3 Å². The number of benzene rings is 1. The van der Waals surface area contributed by atoms with Crippen molar-refractivity contribution in [2.75, 3.05) is 11.1 Å². The lowest BCUT2D eigenvalue weighted by atomic mass is 10.1. The van der Waals surface area contributed by atoms with Crippen molar-refractivity contribution in [3.05, 3.63) is 34.1 Å². The highest BCUT2D eigenvalue weighted by atomic mass is 35.5. The number of nitrogens with zero attached hydrogens (tertiary/aromatic N) is 3. The monoisotopic (exact) mass is 414 g/mol. The normalized spacial score (nSPS) is 10.9. The minimum Gasteiger partial charge on any atom is -0.325 e. The summed E-state index contributed by atoms with van der Waals surface area (Å²) in [6.07, 6.45) is 7.05. The molecule has 1 amide bonds. The Balaban J connectivity index is 1.80. The number of halogens is 2. The van der Waals surface area contributed by atoms with Crippen LogP contribution in [0.25, 0.3) is 0 Å². The molecule has 5 nitrogen and oxygen atoms in total. The van der Waals surface area contributed by atoms with Crippen molar-refractivity contribution < 1.29 is 4.79 Å². The third-order valence-corrected chi connectivity index (χ3v) is 5.36. The Morgan fingerprint density at radius 2 is 1.81 bits per heavy atom. The lowest BCUT2D eigenvalue weighted by Crippen LogP contribution is -2.14. The second kappa shape index (κ2) is 10.8. The van der Waals surface area contributed by atoms with Crippen molar-refractivity contribution in [3.8, 4) is 0 Å². The first-order valence-corrected chi connectivity index (χ1v) is 10.5. The van der Waals surface area contributed by atoms with Crippen molar-refractivity contribution in [2.45, 2.75) is 50.6 Å². The van der Waals surface area contributed by atoms with Crippen LogP contribution in [0.1, 0.15) is 44.9 Å². The zero-order valence-electron chi connectivity index (χ0n) is 15.1. The van der Waals surface area contributed by atoms with Crippen LogP contribution in [0.3, 0.4) is 0 Å². The second-order valence-corrected chi connectivity index (χ2v) is 7.93. The third kappa shape index (κ3) is 6.82. The standard InChI is InChI=1S/C18H24Cl2N4OS/c1-3-4-5-6-7-8-16-22-23-18(24(16)2)26-12-17(25)21-15-10-13(19)9-14(20)11-15/h9-11H,3-8,12H2,1-2H3,(H,21,25). The van der Waals surface area contributed by atoms with Crippen LogP contribution in [0.15, 0.2) is 23.4 Å². The molecule has 1 N–H and O–H groups in total. The van der Waals surface area contributed by atoms with Crippen molar-refractivity contribution in [3.63, 3.8) is 0 Å². The number of carbonyl (C=O) groups is 1. The molecule has 142 valence electrons. The van der Waals surface area contributed by atoms with Crippen molar-refractivity contribution >= 4 is 46.6 Å². The van der Waals surface area contributed by atoms with Crippen LogP contribution in [0.2, 0.25) is 10.0 Å². The molecule has 8 heteroatoms. The van der Waals surface area contributed by atoms with E-state index in [1.54, 1.807) is 18.2 Å². The lowest BCUT2D eigenvalue weighted by molar-refractivity contribution is -0.113. The van der Waals surface area contributed by atoms with Crippen LogP contribution in [0.4, 0.5) is 5.69 Å². The summed E-state index contributed by atoms with van der Waals surface area (Å²) in [4.78, 5) is 12.1. The number of rotatable bonds is 10. The smallest absolute Gasteiger partial charge is 0.234 e. The maximum atomic E-state index is 12.1. The first-order chi connectivity index (χ1) is 12.5. The first-order valence-electron chi connectivity index (χ1n) is 8.76. The molecule has 0 saturated heterocycles. The van der Waals surface area contributed by atoms with Gasteiger partial charge in [0.15, 0.2) is 5.16 Å². The minimum atomic E-state index is -0.141. The number of amides is 1. The van der Waals surface area contributed by atoms with Gasteiger partial charge in [-0.3, -0.25) is 4.79 Å². The molecule has 1 aromatic carbocycles. The molecule has 1 heterocycles. The van der Waals surface area contributed by atoms with Crippen LogP contribution in [0.5, 0.6) is 0 Å². The fraction of sp³-hybridized carbons (Fsp3) is 0.500. The molecule has 0 saturated carbocycles. The maximum absolute atomic E-state index is 12.1. The van der Waals surface area contributed by atoms with Gasteiger partial charge in [-0.2, -0.15) is 0 Å². The molecule has 2 rings (SSSR count). The zero-order chi connectivity index (χ0) is 18.9. The highest BCUT2D eigenvalue weighted by molar-refractivity contribution is 7.99. The van der Waals surface area contributed by atoms with Gasteiger partial charge in [-0.25, -0.2) is 0 Å². The summed E-state index contributed by atoms with van der Waals surface area (Å²) in [5.74, 6) is 1.07. The van der Waals surface area contributed by atoms with Gasteiger partial charge in [0, 0.05) is 29.2 Å². The van der Waals surface area contributed by atoms with Gasteiger partial charge in [0.05, 0.1) is 5.75 Å². The van der Waals surface area contributed by atoms with Gasteiger partial charge in [-0.05, 0) is 24.6 Å². The fourth-order valence-corrected chi connectivity index (χ4v) is 3.78. The van der Waals surface area contributed by atoms with E-state index in [-0.39, 0.29) is 11.7 Å². The van der Waals surface area contributed by atoms with Gasteiger partial charge in [-0.1, -0.05) is 67.6 Å². The topological polar surface area (TPSA) is 59.8 Å². The summed E-state index contributed by atoms with van der Waals surface area (Å²) >= 11 is 13.2. The van der Waals surface area contributed by atoms with Crippen LogP contribution < -0.4 is 5.32 Å². The molecule has 0 radical (unpaired) electrons. The number of thioether (sulfide) groups is 1. The quantitative estimate of drug-likeness (QED) is 0.419.